The lowest BCUT2D eigenvalue weighted by Gasteiger charge is -2.16. The Hall–Kier alpha value is -7.47. The van der Waals surface area contributed by atoms with Crippen molar-refractivity contribution in [3.8, 4) is 51.0 Å². The van der Waals surface area contributed by atoms with E-state index in [-0.39, 0.29) is 0 Å². The minimum atomic E-state index is 0.628. The van der Waals surface area contributed by atoms with Crippen molar-refractivity contribution < 1.29 is 0 Å². The third-order valence-corrected chi connectivity index (χ3v) is 12.6. The number of hydrogen-bond acceptors (Lipinski definition) is 4. The molecule has 0 radical (unpaired) electrons. The fourth-order valence-corrected chi connectivity index (χ4v) is 9.91. The number of hydrogen-bond donors (Lipinski definition) is 0. The van der Waals surface area contributed by atoms with E-state index < -0.39 is 0 Å². The van der Waals surface area contributed by atoms with Crippen molar-refractivity contribution in [2.45, 2.75) is 0 Å². The topological polar surface area (TPSA) is 43.6 Å². The van der Waals surface area contributed by atoms with Gasteiger partial charge in [0, 0.05) is 53.3 Å². The molecule has 9 aromatic carbocycles. The van der Waals surface area contributed by atoms with Crippen LogP contribution in [0.15, 0.2) is 194 Å². The highest BCUT2D eigenvalue weighted by atomic mass is 32.1. The van der Waals surface area contributed by atoms with Crippen LogP contribution in [0.25, 0.3) is 115 Å². The van der Waals surface area contributed by atoms with Gasteiger partial charge in [-0.05, 0) is 81.2 Å². The first-order chi connectivity index (χ1) is 28.7. The zero-order chi connectivity index (χ0) is 38.2. The van der Waals surface area contributed by atoms with Gasteiger partial charge in [-0.1, -0.05) is 146 Å². The van der Waals surface area contributed by atoms with Gasteiger partial charge in [-0.2, -0.15) is 0 Å². The van der Waals surface area contributed by atoms with Crippen LogP contribution < -0.4 is 0 Å². The van der Waals surface area contributed by atoms with Crippen LogP contribution in [-0.4, -0.2) is 19.5 Å². The first-order valence-electron chi connectivity index (χ1n) is 19.5. The number of thiophene rings is 1. The fourth-order valence-electron chi connectivity index (χ4n) is 8.78. The zero-order valence-corrected chi connectivity index (χ0v) is 32.0. The Morgan fingerprint density at radius 2 is 0.966 bits per heavy atom. The molecule has 0 amide bonds. The van der Waals surface area contributed by atoms with E-state index in [9.17, 15) is 0 Å². The van der Waals surface area contributed by atoms with Crippen LogP contribution in [0.3, 0.4) is 0 Å². The third-order valence-electron chi connectivity index (χ3n) is 11.4. The van der Waals surface area contributed by atoms with Crippen molar-refractivity contribution >= 4 is 74.9 Å². The number of benzene rings is 9. The maximum atomic E-state index is 5.37. The molecule has 3 aromatic heterocycles. The summed E-state index contributed by atoms with van der Waals surface area (Å²) >= 11 is 1.83. The van der Waals surface area contributed by atoms with Gasteiger partial charge in [-0.3, -0.25) is 0 Å². The maximum Gasteiger partial charge on any atom is 0.164 e. The molecule has 0 N–H and O–H groups in total. The van der Waals surface area contributed by atoms with Gasteiger partial charge in [0.05, 0.1) is 11.0 Å². The predicted molar refractivity (Wildman–Crippen MR) is 244 cm³/mol. The second-order valence-electron chi connectivity index (χ2n) is 14.8. The summed E-state index contributed by atoms with van der Waals surface area (Å²) in [5, 5.41) is 9.63. The fraction of sp³-hybridized carbons (Fsp3) is 0. The molecule has 58 heavy (non-hydrogen) atoms. The van der Waals surface area contributed by atoms with E-state index in [4.69, 9.17) is 15.0 Å². The molecule has 0 aliphatic rings. The zero-order valence-electron chi connectivity index (χ0n) is 31.2. The smallest absolute Gasteiger partial charge is 0.164 e. The third kappa shape index (κ3) is 5.18. The van der Waals surface area contributed by atoms with Gasteiger partial charge in [0.15, 0.2) is 17.5 Å². The van der Waals surface area contributed by atoms with Crippen LogP contribution in [-0.2, 0) is 0 Å². The Morgan fingerprint density at radius 3 is 1.83 bits per heavy atom. The van der Waals surface area contributed by atoms with E-state index in [2.05, 4.69) is 180 Å². The molecule has 0 aliphatic carbocycles. The van der Waals surface area contributed by atoms with Gasteiger partial charge in [-0.15, -0.1) is 11.3 Å². The maximum absolute atomic E-state index is 5.37. The van der Waals surface area contributed by atoms with Gasteiger partial charge in [-0.25, -0.2) is 15.0 Å². The summed E-state index contributed by atoms with van der Waals surface area (Å²) in [5.41, 5.74) is 8.47. The number of aromatic nitrogens is 4. The molecule has 0 saturated carbocycles. The van der Waals surface area contributed by atoms with E-state index in [0.29, 0.717) is 17.5 Å². The average molecular weight is 757 g/mol. The van der Waals surface area contributed by atoms with Crippen molar-refractivity contribution in [2.75, 3.05) is 0 Å². The Bertz CT molecular complexity index is 3580. The Morgan fingerprint density at radius 1 is 0.345 bits per heavy atom. The summed E-state index contributed by atoms with van der Waals surface area (Å²) in [6.07, 6.45) is 0. The summed E-state index contributed by atoms with van der Waals surface area (Å²) in [6, 6.07) is 69.2. The summed E-state index contributed by atoms with van der Waals surface area (Å²) in [6.45, 7) is 0. The van der Waals surface area contributed by atoms with Crippen LogP contribution in [0.2, 0.25) is 0 Å². The van der Waals surface area contributed by atoms with E-state index in [0.717, 1.165) is 49.8 Å². The van der Waals surface area contributed by atoms with Crippen molar-refractivity contribution in [3.63, 3.8) is 0 Å². The Labute approximate surface area is 338 Å². The van der Waals surface area contributed by atoms with Gasteiger partial charge >= 0.3 is 0 Å². The van der Waals surface area contributed by atoms with Crippen LogP contribution in [0.1, 0.15) is 0 Å². The molecule has 0 aliphatic heterocycles. The quantitative estimate of drug-likeness (QED) is 0.176. The molecule has 270 valence electrons. The van der Waals surface area contributed by atoms with Gasteiger partial charge < -0.3 is 4.57 Å². The van der Waals surface area contributed by atoms with Crippen molar-refractivity contribution in [2.24, 2.45) is 0 Å². The number of rotatable bonds is 5. The minimum absolute atomic E-state index is 0.628. The van der Waals surface area contributed by atoms with E-state index >= 15 is 0 Å². The van der Waals surface area contributed by atoms with Crippen LogP contribution in [0, 0.1) is 0 Å². The Balaban J connectivity index is 1.18. The summed E-state index contributed by atoms with van der Waals surface area (Å²) in [4.78, 5) is 15.8. The van der Waals surface area contributed by atoms with Crippen molar-refractivity contribution in [1.29, 1.82) is 0 Å². The second-order valence-corrected chi connectivity index (χ2v) is 15.9. The second kappa shape index (κ2) is 13.1. The minimum Gasteiger partial charge on any atom is -0.309 e. The van der Waals surface area contributed by atoms with Crippen molar-refractivity contribution in [3.05, 3.63) is 194 Å². The molecule has 0 spiro atoms. The first kappa shape index (κ1) is 32.7. The lowest BCUT2D eigenvalue weighted by molar-refractivity contribution is 1.08. The molecular formula is C53H32N4S. The molecule has 0 bridgehead atoms. The molecule has 0 saturated heterocycles. The van der Waals surface area contributed by atoms with E-state index in [1.165, 1.54) is 47.2 Å². The SMILES string of the molecule is c1ccc(-c2nc(-c3ccc(-n4c5ccccc5c5cc6ccccc6cc54)cc3-c3cccc4sc5ccccc5c34)nc(-c3cccc4ccccc34)n2)cc1. The first-order valence-corrected chi connectivity index (χ1v) is 20.3. The summed E-state index contributed by atoms with van der Waals surface area (Å²) in [5.74, 6) is 1.91. The molecule has 0 unspecified atom stereocenters. The molecule has 12 rings (SSSR count). The monoisotopic (exact) mass is 756 g/mol. The van der Waals surface area contributed by atoms with E-state index in [1.807, 2.05) is 29.5 Å². The normalized spacial score (nSPS) is 11.8. The van der Waals surface area contributed by atoms with Gasteiger partial charge in [0.25, 0.3) is 0 Å². The van der Waals surface area contributed by atoms with E-state index in [1.54, 1.807) is 0 Å². The molecular weight excluding hydrogens is 725 g/mol. The van der Waals surface area contributed by atoms with Crippen LogP contribution >= 0.6 is 11.3 Å². The summed E-state index contributed by atoms with van der Waals surface area (Å²) in [7, 11) is 0. The molecule has 12 aromatic rings. The average Bonchev–Trinajstić information content (AvgIpc) is 3.83. The summed E-state index contributed by atoms with van der Waals surface area (Å²) < 4.78 is 4.93. The van der Waals surface area contributed by atoms with Crippen LogP contribution in [0.4, 0.5) is 0 Å². The highest BCUT2D eigenvalue weighted by molar-refractivity contribution is 7.25. The van der Waals surface area contributed by atoms with Gasteiger partial charge in [0.2, 0.25) is 0 Å². The molecule has 4 nitrogen and oxygen atoms in total. The molecule has 5 heteroatoms. The number of nitrogens with zero attached hydrogens (tertiary/aromatic N) is 4. The largest absolute Gasteiger partial charge is 0.309 e. The number of fused-ring (bicyclic) bond motifs is 8. The highest BCUT2D eigenvalue weighted by Crippen LogP contribution is 2.44. The number of para-hydroxylation sites is 1. The predicted octanol–water partition coefficient (Wildman–Crippen LogP) is 14.3. The molecule has 0 fully saturated rings. The van der Waals surface area contributed by atoms with Crippen LogP contribution in [0.5, 0.6) is 0 Å². The molecule has 3 heterocycles. The standard InChI is InChI=1S/C53H32N4S/c1-2-15-34(16-3-1)51-54-52(41-24-12-19-33-14-6-7-20-38(33)41)56-53(55-51)42-29-28-37(32-44(42)40-23-13-27-49-50(40)43-22-9-11-26-48(43)58-49)57-46-25-10-8-21-39(46)45-30-35-17-4-5-18-36(35)31-47(45)57/h1-32H. The molecule has 0 atom stereocenters. The van der Waals surface area contributed by atoms with Crippen molar-refractivity contribution in [1.82, 2.24) is 19.5 Å². The lowest BCUT2D eigenvalue weighted by atomic mass is 9.94. The van der Waals surface area contributed by atoms with Gasteiger partial charge in [0.1, 0.15) is 0 Å². The Kier molecular flexibility index (Phi) is 7.37. The highest BCUT2D eigenvalue weighted by Gasteiger charge is 2.22. The lowest BCUT2D eigenvalue weighted by Crippen LogP contribution is -2.02.